The maximum atomic E-state index is 13.8. The number of aromatic hydroxyl groups is 1. The number of aliphatic hydroxyl groups is 2. The van der Waals surface area contributed by atoms with Gasteiger partial charge in [-0.3, -0.25) is 24.0 Å². The summed E-state index contributed by atoms with van der Waals surface area (Å²) in [7, 11) is 3.57. The summed E-state index contributed by atoms with van der Waals surface area (Å²) in [5, 5.41) is 32.9. The summed E-state index contributed by atoms with van der Waals surface area (Å²) in [5.41, 5.74) is -4.72. The van der Waals surface area contributed by atoms with Crippen molar-refractivity contribution in [1.82, 2.24) is 9.88 Å². The molecule has 1 spiro atoms. The number of aliphatic hydroxyl groups excluding tert-OH is 2. The van der Waals surface area contributed by atoms with Crippen molar-refractivity contribution in [1.29, 1.82) is 0 Å². The van der Waals surface area contributed by atoms with Crippen LogP contribution in [-0.4, -0.2) is 45.8 Å². The minimum atomic E-state index is -1.89. The number of benzene rings is 1. The Bertz CT molecular complexity index is 2340. The molecule has 4 aliphatic rings. The zero-order chi connectivity index (χ0) is 31.0. The van der Waals surface area contributed by atoms with Crippen LogP contribution >= 0.6 is 12.4 Å². The number of rotatable bonds is 7. The van der Waals surface area contributed by atoms with Crippen molar-refractivity contribution in [2.24, 2.45) is 0 Å². The maximum absolute atomic E-state index is 13.8. The largest absolute Gasteiger partial charge is 0.510 e. The summed E-state index contributed by atoms with van der Waals surface area (Å²) in [6.45, 7) is 2.50. The predicted octanol–water partition coefficient (Wildman–Crippen LogP) is 0.764. The fraction of sp³-hybridized carbons (Fsp3) is 0.364. The SMILES string of the molecule is CCCCCc1cc2cc3c(c(O)c2c(=O)[nH]1)C1(CC3)C(O)=c2c(=O)c3c(=O)cc(CCN(C)C)c(=O)c=3c(=O)c2=C1O.Cl. The molecule has 1 atom stereocenters. The van der Waals surface area contributed by atoms with Crippen LogP contribution in [0.2, 0.25) is 0 Å². The van der Waals surface area contributed by atoms with Gasteiger partial charge in [-0.2, -0.15) is 0 Å². The quantitative estimate of drug-likeness (QED) is 0.218. The Morgan fingerprint density at radius 3 is 2.14 bits per heavy atom. The van der Waals surface area contributed by atoms with E-state index < -0.39 is 70.8 Å². The van der Waals surface area contributed by atoms with E-state index in [1.54, 1.807) is 31.1 Å². The van der Waals surface area contributed by atoms with Crippen LogP contribution in [-0.2, 0) is 24.7 Å². The van der Waals surface area contributed by atoms with Gasteiger partial charge in [-0.05, 0) is 69.3 Å². The lowest BCUT2D eigenvalue weighted by Gasteiger charge is -2.27. The number of phenols is 1. The Kier molecular flexibility index (Phi) is 7.80. The van der Waals surface area contributed by atoms with E-state index in [1.165, 1.54) is 0 Å². The molecule has 1 unspecified atom stereocenters. The van der Waals surface area contributed by atoms with E-state index in [9.17, 15) is 39.3 Å². The van der Waals surface area contributed by atoms with Gasteiger partial charge in [0.15, 0.2) is 10.9 Å². The first-order valence-corrected chi connectivity index (χ1v) is 14.5. The summed E-state index contributed by atoms with van der Waals surface area (Å²) in [5.74, 6) is -1.84. The highest BCUT2D eigenvalue weighted by atomic mass is 35.5. The summed E-state index contributed by atoms with van der Waals surface area (Å²) < 4.78 is 0. The lowest BCUT2D eigenvalue weighted by atomic mass is 9.78. The van der Waals surface area contributed by atoms with Crippen LogP contribution in [0.25, 0.3) is 22.3 Å². The van der Waals surface area contributed by atoms with Crippen LogP contribution in [0.1, 0.15) is 55.0 Å². The lowest BCUT2D eigenvalue weighted by molar-refractivity contribution is 0.362. The van der Waals surface area contributed by atoms with E-state index in [0.717, 1.165) is 31.0 Å². The fourth-order valence-corrected chi connectivity index (χ4v) is 6.96. The van der Waals surface area contributed by atoms with Crippen LogP contribution in [0.3, 0.4) is 0 Å². The average Bonchev–Trinajstić information content (AvgIpc) is 3.44. The molecule has 4 N–H and O–H groups in total. The summed E-state index contributed by atoms with van der Waals surface area (Å²) in [4.78, 5) is 71.8. The first-order chi connectivity index (χ1) is 20.4. The second-order valence-electron chi connectivity index (χ2n) is 12.0. The molecule has 1 heterocycles. The zero-order valence-electron chi connectivity index (χ0n) is 24.6. The summed E-state index contributed by atoms with van der Waals surface area (Å²) >= 11 is 0. The van der Waals surface area contributed by atoms with E-state index in [0.29, 0.717) is 23.9 Å². The standard InChI is InChI=1S/C33H32N2O8.ClH/c1-4-5-6-7-18-13-17-12-15-8-10-33(25(15)29(40)20(17)32(43)34-18)30(41)23-24(31(33)42)28(39)22-21(27(23)38)19(36)14-16(26(22)37)9-11-35(2)3;/h12-14,40-42H,4-11H2,1-3H3,(H,34,43);1H. The maximum Gasteiger partial charge on any atom is 0.259 e. The van der Waals surface area contributed by atoms with Gasteiger partial charge < -0.3 is 25.2 Å². The highest BCUT2D eigenvalue weighted by Gasteiger charge is 2.53. The lowest BCUT2D eigenvalue weighted by Crippen LogP contribution is -2.52. The Morgan fingerprint density at radius 1 is 0.841 bits per heavy atom. The Balaban J connectivity index is 0.00000384. The topological polar surface area (TPSA) is 165 Å². The van der Waals surface area contributed by atoms with Crippen molar-refractivity contribution in [2.45, 2.75) is 57.3 Å². The van der Waals surface area contributed by atoms with Crippen LogP contribution in [0.15, 0.2) is 42.2 Å². The van der Waals surface area contributed by atoms with Gasteiger partial charge in [0, 0.05) is 23.4 Å². The number of aryl methyl sites for hydroxylation is 2. The van der Waals surface area contributed by atoms with E-state index in [2.05, 4.69) is 11.9 Å². The number of nitrogens with one attached hydrogen (secondary N) is 1. The number of fused-ring (bicyclic) bond motifs is 4. The smallest absolute Gasteiger partial charge is 0.259 e. The number of pyridine rings is 1. The van der Waals surface area contributed by atoms with E-state index in [-0.39, 0.29) is 48.2 Å². The summed E-state index contributed by atoms with van der Waals surface area (Å²) in [6, 6.07) is 4.57. The Hall–Kier alpha value is -4.28. The van der Waals surface area contributed by atoms with Gasteiger partial charge in [-0.15, -0.1) is 12.4 Å². The molecule has 10 nitrogen and oxygen atoms in total. The van der Waals surface area contributed by atoms with E-state index in [4.69, 9.17) is 0 Å². The predicted molar refractivity (Wildman–Crippen MR) is 169 cm³/mol. The second-order valence-corrected chi connectivity index (χ2v) is 12.0. The molecule has 11 heteroatoms. The number of nitrogens with zero attached hydrogens (tertiary/aromatic N) is 1. The number of aromatic nitrogens is 1. The molecule has 44 heavy (non-hydrogen) atoms. The first kappa shape index (κ1) is 31.2. The third-order valence-electron chi connectivity index (χ3n) is 9.08. The van der Waals surface area contributed by atoms with Gasteiger partial charge in [0.2, 0.25) is 10.9 Å². The van der Waals surface area contributed by atoms with Crippen LogP contribution in [0, 0.1) is 10.4 Å². The van der Waals surface area contributed by atoms with Gasteiger partial charge in [0.25, 0.3) is 5.56 Å². The van der Waals surface area contributed by atoms with Gasteiger partial charge >= 0.3 is 0 Å². The number of H-pyrrole nitrogens is 1. The number of hydrogen-bond donors (Lipinski definition) is 4. The Labute approximate surface area is 256 Å². The van der Waals surface area contributed by atoms with Crippen LogP contribution in [0.4, 0.5) is 0 Å². The van der Waals surface area contributed by atoms with E-state index >= 15 is 0 Å². The zero-order valence-corrected chi connectivity index (χ0v) is 25.4. The molecule has 0 saturated heterocycles. The van der Waals surface area contributed by atoms with Crippen molar-refractivity contribution >= 4 is 34.7 Å². The molecule has 4 aliphatic carbocycles. The third-order valence-corrected chi connectivity index (χ3v) is 9.08. The molecule has 6 rings (SSSR count). The molecular formula is C33H33ClN2O8. The Morgan fingerprint density at radius 2 is 1.50 bits per heavy atom. The monoisotopic (exact) mass is 620 g/mol. The highest BCUT2D eigenvalue weighted by molar-refractivity contribution is 5.94. The number of hydrogen-bond acceptors (Lipinski definition) is 9. The third kappa shape index (κ3) is 4.22. The molecule has 0 fully saturated rings. The molecule has 2 aromatic rings. The average molecular weight is 621 g/mol. The normalized spacial score (nSPS) is 17.2. The molecule has 0 saturated carbocycles. The van der Waals surface area contributed by atoms with E-state index in [1.807, 2.05) is 0 Å². The first-order valence-electron chi connectivity index (χ1n) is 14.5. The molecule has 0 aliphatic heterocycles. The molecule has 0 bridgehead atoms. The molecule has 230 valence electrons. The second kappa shape index (κ2) is 11.0. The van der Waals surface area contributed by atoms with Crippen LogP contribution < -0.4 is 37.7 Å². The number of aromatic amines is 1. The van der Waals surface area contributed by atoms with Crippen molar-refractivity contribution in [3.8, 4) is 5.75 Å². The van der Waals surface area contributed by atoms with Gasteiger partial charge in [0.1, 0.15) is 22.7 Å². The fourth-order valence-electron chi connectivity index (χ4n) is 6.96. The number of unbranched alkanes of at least 4 members (excludes halogenated alkanes) is 2. The van der Waals surface area contributed by atoms with Gasteiger partial charge in [0.05, 0.1) is 26.3 Å². The molecule has 0 amide bonds. The number of phenolic OH excluding ortho intramolecular Hbond substituents is 1. The summed E-state index contributed by atoms with van der Waals surface area (Å²) in [6.07, 6.45) is 3.96. The van der Waals surface area contributed by atoms with Crippen molar-refractivity contribution < 1.29 is 15.3 Å². The van der Waals surface area contributed by atoms with Gasteiger partial charge in [-0.25, -0.2) is 0 Å². The van der Waals surface area contributed by atoms with Crippen molar-refractivity contribution in [2.75, 3.05) is 20.6 Å². The molecule has 1 aromatic carbocycles. The molecular weight excluding hydrogens is 588 g/mol. The molecule has 1 aromatic heterocycles. The van der Waals surface area contributed by atoms with Crippen molar-refractivity contribution in [3.63, 3.8) is 0 Å². The van der Waals surface area contributed by atoms with Crippen LogP contribution in [0.5, 0.6) is 5.75 Å². The molecule has 0 radical (unpaired) electrons. The minimum absolute atomic E-state index is 0. The number of likely N-dealkylation sites (N-methyl/N-ethyl adjacent to an activating group) is 1. The highest BCUT2D eigenvalue weighted by Crippen LogP contribution is 2.54. The minimum Gasteiger partial charge on any atom is -0.510 e. The van der Waals surface area contributed by atoms with Crippen molar-refractivity contribution in [3.05, 3.63) is 113 Å². The van der Waals surface area contributed by atoms with Gasteiger partial charge in [-0.1, -0.05) is 25.8 Å². The number of halogens is 1.